The van der Waals surface area contributed by atoms with Crippen molar-refractivity contribution in [1.29, 1.82) is 0 Å². The molecule has 0 aromatic heterocycles. The van der Waals surface area contributed by atoms with E-state index in [9.17, 15) is 9.18 Å². The van der Waals surface area contributed by atoms with Crippen LogP contribution in [-0.2, 0) is 16.1 Å². The van der Waals surface area contributed by atoms with Crippen molar-refractivity contribution in [2.75, 3.05) is 7.11 Å². The second kappa shape index (κ2) is 8.51. The van der Waals surface area contributed by atoms with Gasteiger partial charge in [-0.25, -0.2) is 9.18 Å². The van der Waals surface area contributed by atoms with Crippen molar-refractivity contribution in [2.24, 2.45) is 0 Å². The van der Waals surface area contributed by atoms with Gasteiger partial charge in [0.05, 0.1) is 21.6 Å². The van der Waals surface area contributed by atoms with E-state index >= 15 is 0 Å². The van der Waals surface area contributed by atoms with Gasteiger partial charge in [0, 0.05) is 11.6 Å². The van der Waals surface area contributed by atoms with Gasteiger partial charge in [-0.2, -0.15) is 0 Å². The van der Waals surface area contributed by atoms with Gasteiger partial charge in [0.15, 0.2) is 5.75 Å². The lowest BCUT2D eigenvalue weighted by atomic mass is 10.2. The molecular formula is C17H12BrCl2FO3. The minimum atomic E-state index is -0.464. The fraction of sp³-hybridized carbons (Fsp3) is 0.118. The first-order valence-electron chi connectivity index (χ1n) is 6.72. The van der Waals surface area contributed by atoms with Crippen molar-refractivity contribution in [3.05, 3.63) is 67.9 Å². The smallest absolute Gasteiger partial charge is 0.330 e. The number of esters is 1. The number of hydrogen-bond acceptors (Lipinski definition) is 3. The summed E-state index contributed by atoms with van der Waals surface area (Å²) in [4.78, 5) is 11.1. The average Bonchev–Trinajstić information content (AvgIpc) is 2.53. The summed E-state index contributed by atoms with van der Waals surface area (Å²) in [5.74, 6) is -0.453. The highest BCUT2D eigenvalue weighted by atomic mass is 79.9. The monoisotopic (exact) mass is 432 g/mol. The molecule has 0 saturated heterocycles. The molecule has 2 aromatic carbocycles. The van der Waals surface area contributed by atoms with Crippen LogP contribution in [0.15, 0.2) is 40.9 Å². The van der Waals surface area contributed by atoms with E-state index in [-0.39, 0.29) is 11.6 Å². The van der Waals surface area contributed by atoms with Crippen molar-refractivity contribution in [3.8, 4) is 5.75 Å². The molecule has 0 aliphatic rings. The summed E-state index contributed by atoms with van der Waals surface area (Å²) in [6, 6.07) is 7.47. The first-order valence-corrected chi connectivity index (χ1v) is 8.27. The van der Waals surface area contributed by atoms with Gasteiger partial charge in [0.2, 0.25) is 0 Å². The maximum absolute atomic E-state index is 13.0. The summed E-state index contributed by atoms with van der Waals surface area (Å²) in [7, 11) is 1.30. The Balaban J connectivity index is 2.16. The van der Waals surface area contributed by atoms with E-state index in [1.54, 1.807) is 24.3 Å². The van der Waals surface area contributed by atoms with Gasteiger partial charge in [0.25, 0.3) is 0 Å². The number of halogens is 4. The Morgan fingerprint density at radius 3 is 2.62 bits per heavy atom. The highest BCUT2D eigenvalue weighted by molar-refractivity contribution is 9.10. The lowest BCUT2D eigenvalue weighted by Crippen LogP contribution is -1.98. The molecule has 0 bridgehead atoms. The number of carbonyl (C=O) groups excluding carboxylic acids is 1. The standard InChI is InChI=1S/C17H12BrCl2FO3/c1-23-16(22)5-2-10-6-13(18)17(15(20)7-10)24-9-11-3-4-12(21)8-14(11)19/h2-8H,9H2,1H3/b5-2+. The molecule has 0 radical (unpaired) electrons. The van der Waals surface area contributed by atoms with Crippen LogP contribution in [0.3, 0.4) is 0 Å². The van der Waals surface area contributed by atoms with Crippen LogP contribution in [0.25, 0.3) is 6.08 Å². The summed E-state index contributed by atoms with van der Waals surface area (Å²) >= 11 is 15.6. The fourth-order valence-electron chi connectivity index (χ4n) is 1.83. The van der Waals surface area contributed by atoms with E-state index in [0.29, 0.717) is 26.4 Å². The number of benzene rings is 2. The zero-order chi connectivity index (χ0) is 17.7. The summed E-state index contributed by atoms with van der Waals surface area (Å²) in [5, 5.41) is 0.631. The molecule has 2 aromatic rings. The molecule has 0 aliphatic heterocycles. The molecule has 0 N–H and O–H groups in total. The van der Waals surface area contributed by atoms with E-state index in [1.807, 2.05) is 0 Å². The molecule has 0 fully saturated rings. The molecule has 0 amide bonds. The molecule has 0 heterocycles. The average molecular weight is 434 g/mol. The molecule has 7 heteroatoms. The van der Waals surface area contributed by atoms with Gasteiger partial charge in [-0.3, -0.25) is 0 Å². The zero-order valence-corrected chi connectivity index (χ0v) is 15.6. The van der Waals surface area contributed by atoms with Crippen LogP contribution in [0, 0.1) is 5.82 Å². The van der Waals surface area contributed by atoms with Gasteiger partial charge < -0.3 is 9.47 Å². The largest absolute Gasteiger partial charge is 0.486 e. The van der Waals surface area contributed by atoms with Gasteiger partial charge in [-0.15, -0.1) is 0 Å². The zero-order valence-electron chi connectivity index (χ0n) is 12.5. The van der Waals surface area contributed by atoms with E-state index < -0.39 is 11.8 Å². The summed E-state index contributed by atoms with van der Waals surface area (Å²) < 4.78 is 23.9. The SMILES string of the molecule is COC(=O)/C=C/c1cc(Cl)c(OCc2ccc(F)cc2Cl)c(Br)c1. The minimum Gasteiger partial charge on any atom is -0.486 e. The highest BCUT2D eigenvalue weighted by Gasteiger charge is 2.10. The Morgan fingerprint density at radius 1 is 1.25 bits per heavy atom. The van der Waals surface area contributed by atoms with Crippen LogP contribution >= 0.6 is 39.1 Å². The molecule has 0 aliphatic carbocycles. The molecule has 0 atom stereocenters. The first-order chi connectivity index (χ1) is 11.4. The Hall–Kier alpha value is -1.56. The van der Waals surface area contributed by atoms with E-state index in [1.165, 1.54) is 25.3 Å². The minimum absolute atomic E-state index is 0.134. The first kappa shape index (κ1) is 18.8. The molecular weight excluding hydrogens is 422 g/mol. The van der Waals surface area contributed by atoms with Crippen molar-refractivity contribution in [1.82, 2.24) is 0 Å². The van der Waals surface area contributed by atoms with E-state index in [2.05, 4.69) is 20.7 Å². The molecule has 24 heavy (non-hydrogen) atoms. The third-order valence-corrected chi connectivity index (χ3v) is 4.24. The number of methoxy groups -OCH3 is 1. The molecule has 2 rings (SSSR count). The van der Waals surface area contributed by atoms with Crippen molar-refractivity contribution < 1.29 is 18.7 Å². The predicted molar refractivity (Wildman–Crippen MR) is 95.9 cm³/mol. The molecule has 0 unspecified atom stereocenters. The van der Waals surface area contributed by atoms with Gasteiger partial charge >= 0.3 is 5.97 Å². The second-order valence-corrected chi connectivity index (χ2v) is 6.36. The van der Waals surface area contributed by atoms with Crippen LogP contribution in [0.4, 0.5) is 4.39 Å². The summed E-state index contributed by atoms with van der Waals surface area (Å²) in [6.07, 6.45) is 2.86. The second-order valence-electron chi connectivity index (χ2n) is 4.69. The molecule has 0 spiro atoms. The molecule has 0 saturated carbocycles. The maximum atomic E-state index is 13.0. The van der Waals surface area contributed by atoms with Crippen LogP contribution in [0.1, 0.15) is 11.1 Å². The summed E-state index contributed by atoms with van der Waals surface area (Å²) in [5.41, 5.74) is 1.33. The third-order valence-electron chi connectivity index (χ3n) is 3.02. The van der Waals surface area contributed by atoms with Crippen molar-refractivity contribution >= 4 is 51.2 Å². The quantitative estimate of drug-likeness (QED) is 0.450. The topological polar surface area (TPSA) is 35.5 Å². The van der Waals surface area contributed by atoms with Crippen molar-refractivity contribution in [3.63, 3.8) is 0 Å². The van der Waals surface area contributed by atoms with Crippen molar-refractivity contribution in [2.45, 2.75) is 6.61 Å². The van der Waals surface area contributed by atoms with E-state index in [0.717, 1.165) is 0 Å². The van der Waals surface area contributed by atoms with E-state index in [4.69, 9.17) is 27.9 Å². The van der Waals surface area contributed by atoms with Crippen LogP contribution in [0.2, 0.25) is 10.0 Å². The summed E-state index contributed by atoms with van der Waals surface area (Å²) in [6.45, 7) is 0.134. The number of carbonyl (C=O) groups is 1. The third kappa shape index (κ3) is 4.97. The predicted octanol–water partition coefficient (Wildman–Crippen LogP) is 5.66. The lowest BCUT2D eigenvalue weighted by molar-refractivity contribution is -0.134. The Kier molecular flexibility index (Phi) is 6.66. The van der Waals surface area contributed by atoms with Crippen LogP contribution < -0.4 is 4.74 Å². The fourth-order valence-corrected chi connectivity index (χ4v) is 3.05. The Morgan fingerprint density at radius 2 is 2.00 bits per heavy atom. The van der Waals surface area contributed by atoms with Gasteiger partial charge in [-0.1, -0.05) is 29.3 Å². The Bertz CT molecular complexity index is 770. The maximum Gasteiger partial charge on any atom is 0.330 e. The number of rotatable bonds is 5. The number of ether oxygens (including phenoxy) is 2. The number of hydrogen-bond donors (Lipinski definition) is 0. The van der Waals surface area contributed by atoms with Gasteiger partial charge in [0.1, 0.15) is 12.4 Å². The molecule has 126 valence electrons. The lowest BCUT2D eigenvalue weighted by Gasteiger charge is -2.12. The Labute approximate surface area is 157 Å². The van der Waals surface area contributed by atoms with Crippen LogP contribution in [-0.4, -0.2) is 13.1 Å². The molecule has 3 nitrogen and oxygen atoms in total. The van der Waals surface area contributed by atoms with Crippen LogP contribution in [0.5, 0.6) is 5.75 Å². The normalized spacial score (nSPS) is 10.9. The van der Waals surface area contributed by atoms with Gasteiger partial charge in [-0.05, 0) is 51.8 Å². The highest BCUT2D eigenvalue weighted by Crippen LogP contribution is 2.35.